The van der Waals surface area contributed by atoms with E-state index in [1.807, 2.05) is 13.2 Å². The second-order valence-corrected chi connectivity index (χ2v) is 11.1. The number of furan rings is 1. The van der Waals surface area contributed by atoms with Crippen molar-refractivity contribution in [2.75, 3.05) is 56.2 Å². The molecular formula is C29H42ClN3O2. The molecule has 0 N–H and O–H groups in total. The molecule has 3 heterocycles. The number of anilines is 2. The zero-order chi connectivity index (χ0) is 23.5. The molecule has 35 heavy (non-hydrogen) atoms. The fourth-order valence-electron chi connectivity index (χ4n) is 5.69. The molecule has 5 rings (SSSR count). The van der Waals surface area contributed by atoms with Crippen LogP contribution in [-0.2, 0) is 11.3 Å². The summed E-state index contributed by atoms with van der Waals surface area (Å²) in [5.41, 5.74) is 6.21. The van der Waals surface area contributed by atoms with Gasteiger partial charge in [-0.15, -0.1) is 12.4 Å². The maximum atomic E-state index is 5.60. The molecule has 1 aromatic heterocycles. The third kappa shape index (κ3) is 6.25. The monoisotopic (exact) mass is 499 g/mol. The van der Waals surface area contributed by atoms with Gasteiger partial charge in [-0.05, 0) is 73.4 Å². The Labute approximate surface area is 217 Å². The van der Waals surface area contributed by atoms with Gasteiger partial charge in [0.2, 0.25) is 0 Å². The number of halogens is 1. The molecule has 0 radical (unpaired) electrons. The highest BCUT2D eigenvalue weighted by Crippen LogP contribution is 2.42. The van der Waals surface area contributed by atoms with Crippen molar-refractivity contribution in [2.45, 2.75) is 58.6 Å². The van der Waals surface area contributed by atoms with Crippen LogP contribution in [0.1, 0.15) is 57.3 Å². The molecule has 0 atom stereocenters. The van der Waals surface area contributed by atoms with Gasteiger partial charge in [-0.1, -0.05) is 19.9 Å². The molecule has 2 aromatic rings. The predicted molar refractivity (Wildman–Crippen MR) is 148 cm³/mol. The van der Waals surface area contributed by atoms with Crippen LogP contribution in [-0.4, -0.2) is 57.4 Å². The van der Waals surface area contributed by atoms with E-state index in [2.05, 4.69) is 58.9 Å². The van der Waals surface area contributed by atoms with Crippen LogP contribution in [0.4, 0.5) is 11.4 Å². The number of allylic oxidation sites excluding steroid dienone is 2. The highest BCUT2D eigenvalue weighted by atomic mass is 35.5. The summed E-state index contributed by atoms with van der Waals surface area (Å²) in [6.07, 6.45) is 10.5. The van der Waals surface area contributed by atoms with Crippen molar-refractivity contribution in [1.82, 2.24) is 4.90 Å². The van der Waals surface area contributed by atoms with Crippen LogP contribution in [0.15, 0.2) is 47.1 Å². The highest BCUT2D eigenvalue weighted by Gasteiger charge is 2.27. The standard InChI is InChI=1S/C29H41N3O2.ClH/c1-29(2)12-8-23(9-13-29)27-21-24(31-14-10-25(33-3)11-15-31)6-7-28(27)32-18-16-30(17-19-32)22-26-5-4-20-34-26;/h4-8,20-21,25H,9-19,22H2,1-3H3;1H. The van der Waals surface area contributed by atoms with Crippen molar-refractivity contribution in [3.05, 3.63) is 54.0 Å². The van der Waals surface area contributed by atoms with Crippen molar-refractivity contribution in [1.29, 1.82) is 0 Å². The molecule has 2 aliphatic heterocycles. The van der Waals surface area contributed by atoms with Gasteiger partial charge in [0.05, 0.1) is 18.9 Å². The lowest BCUT2D eigenvalue weighted by molar-refractivity contribution is 0.0819. The molecular weight excluding hydrogens is 458 g/mol. The van der Waals surface area contributed by atoms with Gasteiger partial charge in [0.1, 0.15) is 5.76 Å². The molecule has 192 valence electrons. The predicted octanol–water partition coefficient (Wildman–Crippen LogP) is 6.23. The van der Waals surface area contributed by atoms with Crippen molar-refractivity contribution in [3.8, 4) is 0 Å². The van der Waals surface area contributed by atoms with E-state index in [0.29, 0.717) is 11.5 Å². The maximum absolute atomic E-state index is 5.60. The molecule has 0 spiro atoms. The topological polar surface area (TPSA) is 32.1 Å². The van der Waals surface area contributed by atoms with Crippen molar-refractivity contribution in [2.24, 2.45) is 5.41 Å². The van der Waals surface area contributed by atoms with E-state index in [4.69, 9.17) is 9.15 Å². The number of benzene rings is 1. The molecule has 3 aliphatic rings. The zero-order valence-electron chi connectivity index (χ0n) is 21.7. The summed E-state index contributed by atoms with van der Waals surface area (Å²) in [5, 5.41) is 0. The van der Waals surface area contributed by atoms with E-state index in [1.54, 1.807) is 11.8 Å². The summed E-state index contributed by atoms with van der Waals surface area (Å²) in [4.78, 5) is 7.67. The van der Waals surface area contributed by atoms with Gasteiger partial charge in [-0.25, -0.2) is 0 Å². The van der Waals surface area contributed by atoms with Crippen LogP contribution >= 0.6 is 12.4 Å². The fraction of sp³-hybridized carbons (Fsp3) is 0.586. The summed E-state index contributed by atoms with van der Waals surface area (Å²) in [5.74, 6) is 1.06. The molecule has 1 aliphatic carbocycles. The molecule has 6 heteroatoms. The number of piperidine rings is 1. The van der Waals surface area contributed by atoms with Crippen LogP contribution in [0.3, 0.4) is 0 Å². The molecule has 5 nitrogen and oxygen atoms in total. The lowest BCUT2D eigenvalue weighted by Crippen LogP contribution is -2.46. The van der Waals surface area contributed by atoms with Gasteiger partial charge in [0, 0.05) is 63.3 Å². The molecule has 0 unspecified atom stereocenters. The van der Waals surface area contributed by atoms with E-state index < -0.39 is 0 Å². The molecule has 0 saturated carbocycles. The van der Waals surface area contributed by atoms with Gasteiger partial charge in [0.15, 0.2) is 0 Å². The largest absolute Gasteiger partial charge is 0.468 e. The Morgan fingerprint density at radius 3 is 2.40 bits per heavy atom. The van der Waals surface area contributed by atoms with Gasteiger partial charge in [-0.3, -0.25) is 4.90 Å². The summed E-state index contributed by atoms with van der Waals surface area (Å²) < 4.78 is 11.2. The first-order chi connectivity index (χ1) is 16.5. The number of rotatable bonds is 6. The lowest BCUT2D eigenvalue weighted by atomic mass is 9.76. The Morgan fingerprint density at radius 1 is 1.00 bits per heavy atom. The van der Waals surface area contributed by atoms with E-state index in [0.717, 1.165) is 64.4 Å². The number of methoxy groups -OCH3 is 1. The summed E-state index contributed by atoms with van der Waals surface area (Å²) in [6.45, 7) is 12.1. The quantitative estimate of drug-likeness (QED) is 0.470. The van der Waals surface area contributed by atoms with E-state index in [-0.39, 0.29) is 12.4 Å². The van der Waals surface area contributed by atoms with Crippen LogP contribution < -0.4 is 9.80 Å². The van der Waals surface area contributed by atoms with E-state index in [1.165, 1.54) is 36.2 Å². The summed E-state index contributed by atoms with van der Waals surface area (Å²) in [7, 11) is 1.85. The first-order valence-corrected chi connectivity index (χ1v) is 13.1. The van der Waals surface area contributed by atoms with Gasteiger partial charge >= 0.3 is 0 Å². The smallest absolute Gasteiger partial charge is 0.117 e. The van der Waals surface area contributed by atoms with Crippen LogP contribution in [0.25, 0.3) is 5.57 Å². The Kier molecular flexibility index (Phi) is 8.51. The fourth-order valence-corrected chi connectivity index (χ4v) is 5.69. The van der Waals surface area contributed by atoms with Crippen LogP contribution in [0.5, 0.6) is 0 Å². The first kappa shape index (κ1) is 26.1. The summed E-state index contributed by atoms with van der Waals surface area (Å²) >= 11 is 0. The first-order valence-electron chi connectivity index (χ1n) is 13.1. The highest BCUT2D eigenvalue weighted by molar-refractivity contribution is 5.85. The van der Waals surface area contributed by atoms with Crippen LogP contribution in [0, 0.1) is 5.41 Å². The Morgan fingerprint density at radius 2 is 1.77 bits per heavy atom. The average Bonchev–Trinajstić information content (AvgIpc) is 3.37. The third-order valence-electron chi connectivity index (χ3n) is 8.11. The number of hydrogen-bond donors (Lipinski definition) is 0. The minimum atomic E-state index is 0. The number of piperazine rings is 1. The minimum absolute atomic E-state index is 0. The zero-order valence-corrected chi connectivity index (χ0v) is 22.5. The summed E-state index contributed by atoms with van der Waals surface area (Å²) in [6, 6.07) is 11.3. The van der Waals surface area contributed by atoms with Gasteiger partial charge in [-0.2, -0.15) is 0 Å². The molecule has 2 fully saturated rings. The molecule has 1 aromatic carbocycles. The number of ether oxygens (including phenoxy) is 1. The minimum Gasteiger partial charge on any atom is -0.468 e. The molecule has 0 bridgehead atoms. The second kappa shape index (κ2) is 11.4. The molecule has 0 amide bonds. The normalized spacial score (nSPS) is 21.5. The lowest BCUT2D eigenvalue weighted by Gasteiger charge is -2.38. The van der Waals surface area contributed by atoms with Crippen molar-refractivity contribution < 1.29 is 9.15 Å². The van der Waals surface area contributed by atoms with Crippen molar-refractivity contribution in [3.63, 3.8) is 0 Å². The van der Waals surface area contributed by atoms with Crippen molar-refractivity contribution >= 4 is 29.4 Å². The maximum Gasteiger partial charge on any atom is 0.117 e. The van der Waals surface area contributed by atoms with Crippen LogP contribution in [0.2, 0.25) is 0 Å². The number of hydrogen-bond acceptors (Lipinski definition) is 5. The third-order valence-corrected chi connectivity index (χ3v) is 8.11. The Hall–Kier alpha value is -1.95. The average molecular weight is 500 g/mol. The molecule has 2 saturated heterocycles. The van der Waals surface area contributed by atoms with E-state index in [9.17, 15) is 0 Å². The van der Waals surface area contributed by atoms with Gasteiger partial charge < -0.3 is 19.0 Å². The second-order valence-electron chi connectivity index (χ2n) is 11.1. The number of nitrogens with zero attached hydrogens (tertiary/aromatic N) is 3. The Bertz CT molecular complexity index is 972. The Balaban J connectivity index is 0.00000289. The van der Waals surface area contributed by atoms with Gasteiger partial charge in [0.25, 0.3) is 0 Å². The van der Waals surface area contributed by atoms with E-state index >= 15 is 0 Å². The SMILES string of the molecule is COC1CCN(c2ccc(N3CCN(Cc4ccco4)CC3)c(C3=CCC(C)(C)CC3)c2)CC1.Cl.